The van der Waals surface area contributed by atoms with E-state index in [1.807, 2.05) is 36.4 Å². The topological polar surface area (TPSA) is 45.8 Å². The highest BCUT2D eigenvalue weighted by molar-refractivity contribution is 9.10. The van der Waals surface area contributed by atoms with Crippen LogP contribution in [0.15, 0.2) is 51.7 Å². The number of aromatic amines is 1. The Hall–Kier alpha value is -1.65. The smallest absolute Gasteiger partial charge is 0.267 e. The summed E-state index contributed by atoms with van der Waals surface area (Å²) >= 11 is 9.40. The second-order valence-corrected chi connectivity index (χ2v) is 5.73. The van der Waals surface area contributed by atoms with Crippen molar-refractivity contribution in [2.45, 2.75) is 6.42 Å². The van der Waals surface area contributed by atoms with Gasteiger partial charge in [-0.2, -0.15) is 5.10 Å². The molecule has 1 heterocycles. The Morgan fingerprint density at radius 2 is 1.90 bits per heavy atom. The van der Waals surface area contributed by atoms with Crippen molar-refractivity contribution in [3.05, 3.63) is 73.6 Å². The molecule has 0 saturated carbocycles. The molecule has 0 aliphatic heterocycles. The number of nitrogens with one attached hydrogen (secondary N) is 1. The molecule has 0 aliphatic carbocycles. The fourth-order valence-electron chi connectivity index (χ4n) is 2.15. The maximum atomic E-state index is 11.7. The van der Waals surface area contributed by atoms with E-state index in [-0.39, 0.29) is 5.56 Å². The predicted octanol–water partition coefficient (Wildman–Crippen LogP) is 3.93. The summed E-state index contributed by atoms with van der Waals surface area (Å²) in [5.74, 6) is 0. The fraction of sp³-hybridized carbons (Fsp3) is 0.0667. The van der Waals surface area contributed by atoms with Crippen molar-refractivity contribution in [2.24, 2.45) is 0 Å². The van der Waals surface area contributed by atoms with Crippen molar-refractivity contribution in [1.82, 2.24) is 10.2 Å². The van der Waals surface area contributed by atoms with Crippen molar-refractivity contribution in [1.29, 1.82) is 0 Å². The van der Waals surface area contributed by atoms with Crippen molar-refractivity contribution in [3.8, 4) is 0 Å². The molecule has 20 heavy (non-hydrogen) atoms. The average Bonchev–Trinajstić information content (AvgIpc) is 2.46. The lowest BCUT2D eigenvalue weighted by Crippen LogP contribution is -2.11. The molecule has 0 atom stereocenters. The number of benzene rings is 2. The van der Waals surface area contributed by atoms with E-state index in [0.29, 0.717) is 16.8 Å². The van der Waals surface area contributed by atoms with Crippen LogP contribution < -0.4 is 5.56 Å². The maximum absolute atomic E-state index is 11.7. The molecule has 2 aromatic carbocycles. The van der Waals surface area contributed by atoms with Crippen LogP contribution in [-0.2, 0) is 6.42 Å². The van der Waals surface area contributed by atoms with E-state index in [1.165, 1.54) is 0 Å². The lowest BCUT2D eigenvalue weighted by atomic mass is 10.0. The number of aromatic nitrogens is 2. The first-order chi connectivity index (χ1) is 9.65. The first-order valence-corrected chi connectivity index (χ1v) is 7.22. The van der Waals surface area contributed by atoms with Crippen LogP contribution in [0.4, 0.5) is 0 Å². The summed E-state index contributed by atoms with van der Waals surface area (Å²) in [6, 6.07) is 13.2. The summed E-state index contributed by atoms with van der Waals surface area (Å²) in [5, 5.41) is 8.92. The minimum absolute atomic E-state index is 0.165. The van der Waals surface area contributed by atoms with Gasteiger partial charge in [0.25, 0.3) is 5.56 Å². The first kappa shape index (κ1) is 13.3. The van der Waals surface area contributed by atoms with Gasteiger partial charge in [0.05, 0.1) is 16.1 Å². The predicted molar refractivity (Wildman–Crippen MR) is 84.3 cm³/mol. The van der Waals surface area contributed by atoms with E-state index in [4.69, 9.17) is 11.6 Å². The summed E-state index contributed by atoms with van der Waals surface area (Å²) < 4.78 is 0.852. The molecule has 3 rings (SSSR count). The molecule has 1 aromatic heterocycles. The Bertz CT molecular complexity index is 845. The van der Waals surface area contributed by atoms with Gasteiger partial charge < -0.3 is 0 Å². The zero-order chi connectivity index (χ0) is 14.1. The van der Waals surface area contributed by atoms with E-state index >= 15 is 0 Å². The van der Waals surface area contributed by atoms with Gasteiger partial charge in [0.1, 0.15) is 0 Å². The minimum atomic E-state index is -0.165. The fourth-order valence-corrected chi connectivity index (χ4v) is 2.69. The quantitative estimate of drug-likeness (QED) is 0.762. The van der Waals surface area contributed by atoms with Crippen LogP contribution in [0.2, 0.25) is 5.02 Å². The molecule has 0 unspecified atom stereocenters. The normalized spacial score (nSPS) is 10.9. The summed E-state index contributed by atoms with van der Waals surface area (Å²) in [4.78, 5) is 11.7. The SMILES string of the molecule is O=c1[nH]nc(Cc2ccc(Cl)c(Br)c2)c2ccccc12. The van der Waals surface area contributed by atoms with Crippen LogP contribution in [0.1, 0.15) is 11.3 Å². The molecular formula is C15H10BrClN2O. The zero-order valence-corrected chi connectivity index (χ0v) is 12.7. The molecule has 1 N–H and O–H groups in total. The molecule has 0 radical (unpaired) electrons. The minimum Gasteiger partial charge on any atom is -0.267 e. The van der Waals surface area contributed by atoms with E-state index in [1.54, 1.807) is 6.07 Å². The van der Waals surface area contributed by atoms with E-state index in [9.17, 15) is 4.79 Å². The van der Waals surface area contributed by atoms with Gasteiger partial charge in [0, 0.05) is 16.3 Å². The number of hydrogen-bond acceptors (Lipinski definition) is 2. The van der Waals surface area contributed by atoms with Gasteiger partial charge in [-0.25, -0.2) is 5.10 Å². The average molecular weight is 350 g/mol. The van der Waals surface area contributed by atoms with Gasteiger partial charge in [0.15, 0.2) is 0 Å². The number of hydrogen-bond donors (Lipinski definition) is 1. The highest BCUT2D eigenvalue weighted by Crippen LogP contribution is 2.25. The molecule has 0 spiro atoms. The van der Waals surface area contributed by atoms with E-state index < -0.39 is 0 Å². The van der Waals surface area contributed by atoms with Crippen LogP contribution in [0.25, 0.3) is 10.8 Å². The van der Waals surface area contributed by atoms with Crippen LogP contribution >= 0.6 is 27.5 Å². The molecule has 100 valence electrons. The second kappa shape index (κ2) is 5.38. The molecule has 5 heteroatoms. The van der Waals surface area contributed by atoms with Gasteiger partial charge in [-0.15, -0.1) is 0 Å². The van der Waals surface area contributed by atoms with Crippen LogP contribution in [-0.4, -0.2) is 10.2 Å². The largest absolute Gasteiger partial charge is 0.272 e. The Morgan fingerprint density at radius 1 is 1.15 bits per heavy atom. The molecule has 0 bridgehead atoms. The lowest BCUT2D eigenvalue weighted by Gasteiger charge is -2.06. The Kier molecular flexibility index (Phi) is 3.59. The first-order valence-electron chi connectivity index (χ1n) is 6.05. The van der Waals surface area contributed by atoms with Crippen LogP contribution in [0.5, 0.6) is 0 Å². The number of halogens is 2. The van der Waals surface area contributed by atoms with Crippen molar-refractivity contribution in [2.75, 3.05) is 0 Å². The third kappa shape index (κ3) is 2.49. The summed E-state index contributed by atoms with van der Waals surface area (Å²) in [6.45, 7) is 0. The third-order valence-corrected chi connectivity index (χ3v) is 4.34. The van der Waals surface area contributed by atoms with E-state index in [0.717, 1.165) is 21.1 Å². The molecule has 0 amide bonds. The number of fused-ring (bicyclic) bond motifs is 1. The van der Waals surface area contributed by atoms with Crippen LogP contribution in [0, 0.1) is 0 Å². The summed E-state index contributed by atoms with van der Waals surface area (Å²) in [7, 11) is 0. The molecule has 0 fully saturated rings. The Morgan fingerprint density at radius 3 is 2.65 bits per heavy atom. The van der Waals surface area contributed by atoms with Gasteiger partial charge in [-0.3, -0.25) is 4.79 Å². The molecule has 3 nitrogen and oxygen atoms in total. The molecule has 0 aliphatic rings. The van der Waals surface area contributed by atoms with Crippen LogP contribution in [0.3, 0.4) is 0 Å². The summed E-state index contributed by atoms with van der Waals surface area (Å²) in [5.41, 5.74) is 1.75. The maximum Gasteiger partial charge on any atom is 0.272 e. The Balaban J connectivity index is 2.09. The Labute approximate surface area is 128 Å². The third-order valence-electron chi connectivity index (χ3n) is 3.13. The van der Waals surface area contributed by atoms with Crippen molar-refractivity contribution < 1.29 is 0 Å². The number of nitrogens with zero attached hydrogens (tertiary/aromatic N) is 1. The van der Waals surface area contributed by atoms with Gasteiger partial charge in [0.2, 0.25) is 0 Å². The second-order valence-electron chi connectivity index (χ2n) is 4.47. The van der Waals surface area contributed by atoms with Gasteiger partial charge in [-0.05, 0) is 39.7 Å². The highest BCUT2D eigenvalue weighted by atomic mass is 79.9. The monoisotopic (exact) mass is 348 g/mol. The number of H-pyrrole nitrogens is 1. The van der Waals surface area contributed by atoms with E-state index in [2.05, 4.69) is 26.1 Å². The zero-order valence-electron chi connectivity index (χ0n) is 10.4. The van der Waals surface area contributed by atoms with Crippen molar-refractivity contribution >= 4 is 38.3 Å². The van der Waals surface area contributed by atoms with Gasteiger partial charge >= 0.3 is 0 Å². The summed E-state index contributed by atoms with van der Waals surface area (Å²) in [6.07, 6.45) is 0.632. The number of rotatable bonds is 2. The van der Waals surface area contributed by atoms with Gasteiger partial charge in [-0.1, -0.05) is 35.9 Å². The molecule has 3 aromatic rings. The highest BCUT2D eigenvalue weighted by Gasteiger charge is 2.07. The lowest BCUT2D eigenvalue weighted by molar-refractivity contribution is 0.934. The molecule has 0 saturated heterocycles. The standard InChI is InChI=1S/C15H10BrClN2O/c16-12-7-9(5-6-13(12)17)8-14-10-3-1-2-4-11(10)15(20)19-18-14/h1-7H,8H2,(H,19,20). The molecular weight excluding hydrogens is 340 g/mol. The van der Waals surface area contributed by atoms with Crippen molar-refractivity contribution in [3.63, 3.8) is 0 Å².